The van der Waals surface area contributed by atoms with Gasteiger partial charge in [0.2, 0.25) is 0 Å². The maximum atomic E-state index is 12.2. The van der Waals surface area contributed by atoms with Crippen LogP contribution in [0.1, 0.15) is 12.5 Å². The van der Waals surface area contributed by atoms with Crippen molar-refractivity contribution >= 4 is 33.2 Å². The van der Waals surface area contributed by atoms with Gasteiger partial charge >= 0.3 is 0 Å². The summed E-state index contributed by atoms with van der Waals surface area (Å²) in [6, 6.07) is 12.7. The number of nitrogens with one attached hydrogen (secondary N) is 1. The van der Waals surface area contributed by atoms with Gasteiger partial charge in [0.05, 0.1) is 0 Å². The summed E-state index contributed by atoms with van der Waals surface area (Å²) in [5, 5.41) is 2.84. The van der Waals surface area contributed by atoms with Crippen LogP contribution in [0.3, 0.4) is 0 Å². The molecule has 4 nitrogen and oxygen atoms in total. The number of benzene rings is 2. The summed E-state index contributed by atoms with van der Waals surface area (Å²) in [6.07, 6.45) is -0.601. The lowest BCUT2D eigenvalue weighted by Gasteiger charge is -2.16. The molecule has 110 valence electrons. The Bertz CT molecular complexity index is 658. The third kappa shape index (κ3) is 4.23. The average Bonchev–Trinajstić information content (AvgIpc) is 2.41. The molecule has 1 unspecified atom stereocenters. The summed E-state index contributed by atoms with van der Waals surface area (Å²) < 4.78 is 6.53. The van der Waals surface area contributed by atoms with Gasteiger partial charge in [0.15, 0.2) is 6.10 Å². The molecule has 0 bridgehead atoms. The quantitative estimate of drug-likeness (QED) is 0.827. The summed E-state index contributed by atoms with van der Waals surface area (Å²) in [7, 11) is 0. The fourth-order valence-electron chi connectivity index (χ4n) is 1.86. The smallest absolute Gasteiger partial charge is 0.265 e. The highest BCUT2D eigenvalue weighted by atomic mass is 79.9. The lowest BCUT2D eigenvalue weighted by atomic mass is 10.1. The summed E-state index contributed by atoms with van der Waals surface area (Å²) in [4.78, 5) is 12.2. The third-order valence-corrected chi connectivity index (χ3v) is 3.48. The lowest BCUT2D eigenvalue weighted by molar-refractivity contribution is -0.122. The zero-order valence-electron chi connectivity index (χ0n) is 11.9. The van der Waals surface area contributed by atoms with E-state index < -0.39 is 6.10 Å². The average molecular weight is 349 g/mol. The van der Waals surface area contributed by atoms with Crippen LogP contribution in [0.4, 0.5) is 11.4 Å². The Balaban J connectivity index is 2.02. The number of carbonyl (C=O) groups excluding carboxylic acids is 1. The molecule has 2 aromatic rings. The minimum Gasteiger partial charge on any atom is -0.481 e. The number of amides is 1. The van der Waals surface area contributed by atoms with Crippen LogP contribution in [0.5, 0.6) is 5.75 Å². The molecular weight excluding hydrogens is 332 g/mol. The van der Waals surface area contributed by atoms with E-state index in [4.69, 9.17) is 10.5 Å². The van der Waals surface area contributed by atoms with Gasteiger partial charge in [0, 0.05) is 15.8 Å². The Labute approximate surface area is 132 Å². The summed E-state index contributed by atoms with van der Waals surface area (Å²) in [5.41, 5.74) is 8.01. The van der Waals surface area contributed by atoms with E-state index in [-0.39, 0.29) is 5.91 Å². The first-order chi connectivity index (χ1) is 9.95. The van der Waals surface area contributed by atoms with E-state index in [9.17, 15) is 4.79 Å². The number of nitrogens with two attached hydrogens (primary N) is 1. The first kappa shape index (κ1) is 15.4. The van der Waals surface area contributed by atoms with Gasteiger partial charge in [-0.25, -0.2) is 0 Å². The molecule has 2 aromatic carbocycles. The number of rotatable bonds is 4. The van der Waals surface area contributed by atoms with Crippen molar-refractivity contribution in [3.8, 4) is 5.75 Å². The van der Waals surface area contributed by atoms with E-state index in [1.54, 1.807) is 19.1 Å². The van der Waals surface area contributed by atoms with Gasteiger partial charge in [-0.15, -0.1) is 0 Å². The predicted octanol–water partition coefficient (Wildman–Crippen LogP) is 3.75. The maximum absolute atomic E-state index is 12.2. The van der Waals surface area contributed by atoms with Crippen molar-refractivity contribution in [1.29, 1.82) is 0 Å². The molecule has 0 radical (unpaired) electrons. The topological polar surface area (TPSA) is 64.3 Å². The van der Waals surface area contributed by atoms with Crippen molar-refractivity contribution in [3.05, 3.63) is 52.5 Å². The molecule has 0 aliphatic carbocycles. The van der Waals surface area contributed by atoms with Gasteiger partial charge in [-0.2, -0.15) is 0 Å². The van der Waals surface area contributed by atoms with Crippen LogP contribution < -0.4 is 15.8 Å². The molecule has 3 N–H and O–H groups in total. The van der Waals surface area contributed by atoms with Crippen LogP contribution in [-0.4, -0.2) is 12.0 Å². The number of hydrogen-bond acceptors (Lipinski definition) is 3. The van der Waals surface area contributed by atoms with Crippen molar-refractivity contribution in [2.45, 2.75) is 20.0 Å². The van der Waals surface area contributed by atoms with Crippen LogP contribution in [-0.2, 0) is 4.79 Å². The number of hydrogen-bond donors (Lipinski definition) is 2. The SMILES string of the molecule is Cc1cc(N)ccc1NC(=O)C(C)Oc1cccc(Br)c1. The molecule has 1 amide bonds. The number of nitrogen functional groups attached to an aromatic ring is 1. The highest BCUT2D eigenvalue weighted by molar-refractivity contribution is 9.10. The van der Waals surface area contributed by atoms with Gasteiger partial charge in [0.1, 0.15) is 5.75 Å². The molecule has 5 heteroatoms. The molecule has 2 rings (SSSR count). The number of carbonyl (C=O) groups is 1. The zero-order chi connectivity index (χ0) is 15.4. The molecule has 0 fully saturated rings. The van der Waals surface area contributed by atoms with Gasteiger partial charge in [0.25, 0.3) is 5.91 Å². The van der Waals surface area contributed by atoms with Crippen molar-refractivity contribution in [2.24, 2.45) is 0 Å². The third-order valence-electron chi connectivity index (χ3n) is 2.99. The Morgan fingerprint density at radius 2 is 2.05 bits per heavy atom. The van der Waals surface area contributed by atoms with Crippen LogP contribution >= 0.6 is 15.9 Å². The van der Waals surface area contributed by atoms with E-state index in [2.05, 4.69) is 21.2 Å². The van der Waals surface area contributed by atoms with Crippen LogP contribution in [0.2, 0.25) is 0 Å². The minimum atomic E-state index is -0.601. The van der Waals surface area contributed by atoms with E-state index >= 15 is 0 Å². The van der Waals surface area contributed by atoms with Gasteiger partial charge in [-0.3, -0.25) is 4.79 Å². The fourth-order valence-corrected chi connectivity index (χ4v) is 2.24. The first-order valence-corrected chi connectivity index (χ1v) is 7.34. The Morgan fingerprint density at radius 3 is 2.71 bits per heavy atom. The molecule has 0 aliphatic heterocycles. The number of ether oxygens (including phenoxy) is 1. The predicted molar refractivity (Wildman–Crippen MR) is 88.5 cm³/mol. The van der Waals surface area contributed by atoms with E-state index in [0.29, 0.717) is 11.4 Å². The van der Waals surface area contributed by atoms with Crippen molar-refractivity contribution < 1.29 is 9.53 Å². The van der Waals surface area contributed by atoms with Crippen molar-refractivity contribution in [3.63, 3.8) is 0 Å². The highest BCUT2D eigenvalue weighted by Crippen LogP contribution is 2.20. The molecule has 21 heavy (non-hydrogen) atoms. The normalized spacial score (nSPS) is 11.8. The monoisotopic (exact) mass is 348 g/mol. The second-order valence-electron chi connectivity index (χ2n) is 4.78. The van der Waals surface area contributed by atoms with E-state index in [0.717, 1.165) is 15.7 Å². The summed E-state index contributed by atoms with van der Waals surface area (Å²) in [6.45, 7) is 3.61. The Morgan fingerprint density at radius 1 is 1.29 bits per heavy atom. The molecule has 0 saturated carbocycles. The lowest BCUT2D eigenvalue weighted by Crippen LogP contribution is -2.30. The summed E-state index contributed by atoms with van der Waals surface area (Å²) >= 11 is 3.37. The van der Waals surface area contributed by atoms with E-state index in [1.165, 1.54) is 0 Å². The van der Waals surface area contributed by atoms with Gasteiger partial charge in [-0.1, -0.05) is 22.0 Å². The van der Waals surface area contributed by atoms with Gasteiger partial charge < -0.3 is 15.8 Å². The Kier molecular flexibility index (Phi) is 4.85. The number of anilines is 2. The number of halogens is 1. The van der Waals surface area contributed by atoms with Gasteiger partial charge in [-0.05, 0) is 55.8 Å². The largest absolute Gasteiger partial charge is 0.481 e. The van der Waals surface area contributed by atoms with Crippen molar-refractivity contribution in [2.75, 3.05) is 11.1 Å². The molecular formula is C16H17BrN2O2. The van der Waals surface area contributed by atoms with E-state index in [1.807, 2.05) is 37.3 Å². The zero-order valence-corrected chi connectivity index (χ0v) is 13.5. The van der Waals surface area contributed by atoms with Crippen LogP contribution in [0.25, 0.3) is 0 Å². The first-order valence-electron chi connectivity index (χ1n) is 6.55. The maximum Gasteiger partial charge on any atom is 0.265 e. The standard InChI is InChI=1S/C16H17BrN2O2/c1-10-8-13(18)6-7-15(10)19-16(20)11(2)21-14-5-3-4-12(17)9-14/h3-9,11H,18H2,1-2H3,(H,19,20). The molecule has 0 heterocycles. The second kappa shape index (κ2) is 6.63. The van der Waals surface area contributed by atoms with Crippen LogP contribution in [0, 0.1) is 6.92 Å². The number of aryl methyl sites for hydroxylation is 1. The van der Waals surface area contributed by atoms with Crippen LogP contribution in [0.15, 0.2) is 46.9 Å². The molecule has 1 atom stereocenters. The molecule has 0 aromatic heterocycles. The molecule has 0 saturated heterocycles. The minimum absolute atomic E-state index is 0.206. The fraction of sp³-hybridized carbons (Fsp3) is 0.188. The van der Waals surface area contributed by atoms with Crippen molar-refractivity contribution in [1.82, 2.24) is 0 Å². The summed E-state index contributed by atoms with van der Waals surface area (Å²) in [5.74, 6) is 0.434. The highest BCUT2D eigenvalue weighted by Gasteiger charge is 2.15. The molecule has 0 aliphatic rings. The Hall–Kier alpha value is -2.01. The second-order valence-corrected chi connectivity index (χ2v) is 5.70. The molecule has 0 spiro atoms.